The highest BCUT2D eigenvalue weighted by Crippen LogP contribution is 2.49. The van der Waals surface area contributed by atoms with Crippen molar-refractivity contribution in [3.63, 3.8) is 0 Å². The molecule has 0 aromatic carbocycles. The van der Waals surface area contributed by atoms with E-state index in [2.05, 4.69) is 9.97 Å². The lowest BCUT2D eigenvalue weighted by Crippen LogP contribution is -2.17. The van der Waals surface area contributed by atoms with E-state index >= 15 is 0 Å². The molecule has 1 saturated carbocycles. The molecule has 0 spiro atoms. The van der Waals surface area contributed by atoms with Crippen molar-refractivity contribution in [1.82, 2.24) is 14.4 Å². The molecule has 1 aliphatic rings. The Labute approximate surface area is 148 Å². The summed E-state index contributed by atoms with van der Waals surface area (Å²) < 4.78 is 1.69. The Morgan fingerprint density at radius 2 is 2.32 bits per heavy atom. The van der Waals surface area contributed by atoms with E-state index in [0.717, 1.165) is 22.6 Å². The van der Waals surface area contributed by atoms with Gasteiger partial charge < -0.3 is 5.11 Å². The van der Waals surface area contributed by atoms with Gasteiger partial charge in [-0.2, -0.15) is 5.26 Å². The van der Waals surface area contributed by atoms with Crippen LogP contribution in [-0.2, 0) is 6.42 Å². The van der Waals surface area contributed by atoms with E-state index in [1.807, 2.05) is 19.1 Å². The highest BCUT2D eigenvalue weighted by molar-refractivity contribution is 7.17. The number of nitrogens with zero attached hydrogens (tertiary/aromatic N) is 4. The first-order valence-corrected chi connectivity index (χ1v) is 8.90. The van der Waals surface area contributed by atoms with Crippen LogP contribution in [0.2, 0.25) is 0 Å². The fraction of sp³-hybridized carbons (Fsp3) is 0.333. The van der Waals surface area contributed by atoms with Gasteiger partial charge in [-0.15, -0.1) is 11.3 Å². The average molecular weight is 352 g/mol. The van der Waals surface area contributed by atoms with Crippen LogP contribution in [0.3, 0.4) is 0 Å². The molecular formula is C18H16N4O2S. The molecule has 7 heteroatoms. The summed E-state index contributed by atoms with van der Waals surface area (Å²) in [5, 5.41) is 18.3. The number of hydrogen-bond donors (Lipinski definition) is 1. The molecule has 3 aromatic heterocycles. The number of thiazole rings is 1. The van der Waals surface area contributed by atoms with Gasteiger partial charge in [-0.05, 0) is 37.0 Å². The van der Waals surface area contributed by atoms with Crippen molar-refractivity contribution in [2.75, 3.05) is 6.61 Å². The Morgan fingerprint density at radius 1 is 1.48 bits per heavy atom. The summed E-state index contributed by atoms with van der Waals surface area (Å²) in [5.41, 5.74) is 2.85. The minimum Gasteiger partial charge on any atom is -0.396 e. The molecule has 0 unspecified atom stereocenters. The van der Waals surface area contributed by atoms with E-state index in [9.17, 15) is 9.90 Å². The second-order valence-electron chi connectivity index (χ2n) is 6.37. The molecule has 0 bridgehead atoms. The molecule has 25 heavy (non-hydrogen) atoms. The van der Waals surface area contributed by atoms with Crippen LogP contribution in [0.5, 0.6) is 0 Å². The molecule has 6 nitrogen and oxygen atoms in total. The van der Waals surface area contributed by atoms with Crippen molar-refractivity contribution in [2.45, 2.75) is 25.7 Å². The Morgan fingerprint density at radius 3 is 3.04 bits per heavy atom. The van der Waals surface area contributed by atoms with E-state index < -0.39 is 0 Å². The second kappa shape index (κ2) is 6.06. The third-order valence-electron chi connectivity index (χ3n) is 4.62. The molecule has 3 aromatic rings. The van der Waals surface area contributed by atoms with Crippen LogP contribution in [0.25, 0.3) is 4.96 Å². The fourth-order valence-electron chi connectivity index (χ4n) is 3.30. The van der Waals surface area contributed by atoms with Gasteiger partial charge >= 0.3 is 0 Å². The van der Waals surface area contributed by atoms with Gasteiger partial charge in [0.1, 0.15) is 11.8 Å². The zero-order chi connectivity index (χ0) is 17.6. The molecule has 126 valence electrons. The average Bonchev–Trinajstić information content (AvgIpc) is 3.29. The first-order valence-electron chi connectivity index (χ1n) is 8.08. The summed E-state index contributed by atoms with van der Waals surface area (Å²) in [6.07, 6.45) is 3.00. The minimum absolute atomic E-state index is 0.0856. The van der Waals surface area contributed by atoms with E-state index in [4.69, 9.17) is 5.26 Å². The molecule has 1 N–H and O–H groups in total. The number of aryl methyl sites for hydroxylation is 1. The molecule has 1 fully saturated rings. The van der Waals surface area contributed by atoms with Gasteiger partial charge in [-0.25, -0.2) is 9.97 Å². The number of aliphatic hydroxyl groups excluding tert-OH is 1. The third-order valence-corrected chi connectivity index (χ3v) is 5.59. The third kappa shape index (κ3) is 2.84. The second-order valence-corrected chi connectivity index (χ2v) is 7.55. The van der Waals surface area contributed by atoms with Gasteiger partial charge in [0.2, 0.25) is 0 Å². The zero-order valence-corrected chi connectivity index (χ0v) is 14.5. The van der Waals surface area contributed by atoms with Crippen LogP contribution >= 0.6 is 11.3 Å². The summed E-state index contributed by atoms with van der Waals surface area (Å²) in [6, 6.07) is 7.12. The lowest BCUT2D eigenvalue weighted by molar-refractivity contribution is 0.273. The van der Waals surface area contributed by atoms with Crippen molar-refractivity contribution in [2.24, 2.45) is 5.92 Å². The van der Waals surface area contributed by atoms with Gasteiger partial charge in [0.25, 0.3) is 5.56 Å². The summed E-state index contributed by atoms with van der Waals surface area (Å²) in [6.45, 7) is 2.16. The van der Waals surface area contributed by atoms with Crippen LogP contribution in [0.4, 0.5) is 0 Å². The Kier molecular flexibility index (Phi) is 3.86. The summed E-state index contributed by atoms with van der Waals surface area (Å²) >= 11 is 1.51. The SMILES string of the molecule is Cc1sc2nc(Cc3ccnc(C#N)c3)cc(=O)n2c1[C@@H]1C[C@H]1CO. The van der Waals surface area contributed by atoms with E-state index in [-0.39, 0.29) is 24.0 Å². The first kappa shape index (κ1) is 15.9. The molecule has 0 radical (unpaired) electrons. The Balaban J connectivity index is 1.73. The van der Waals surface area contributed by atoms with Crippen molar-refractivity contribution in [1.29, 1.82) is 5.26 Å². The number of aliphatic hydroxyl groups is 1. The normalized spacial score (nSPS) is 19.1. The molecule has 0 aliphatic heterocycles. The van der Waals surface area contributed by atoms with Gasteiger partial charge in [0.15, 0.2) is 4.96 Å². The van der Waals surface area contributed by atoms with Crippen molar-refractivity contribution in [3.8, 4) is 6.07 Å². The van der Waals surface area contributed by atoms with Gasteiger partial charge in [-0.3, -0.25) is 9.20 Å². The Bertz CT molecular complexity index is 1060. The summed E-state index contributed by atoms with van der Waals surface area (Å²) in [7, 11) is 0. The molecule has 0 amide bonds. The Hall–Kier alpha value is -2.56. The maximum atomic E-state index is 12.7. The monoisotopic (exact) mass is 352 g/mol. The van der Waals surface area contributed by atoms with Crippen LogP contribution in [0.1, 0.15) is 39.9 Å². The molecule has 0 saturated heterocycles. The topological polar surface area (TPSA) is 91.3 Å². The number of aromatic nitrogens is 3. The van der Waals surface area contributed by atoms with Gasteiger partial charge in [0, 0.05) is 41.8 Å². The predicted octanol–water partition coefficient (Wildman–Crippen LogP) is 2.02. The lowest BCUT2D eigenvalue weighted by atomic mass is 10.1. The van der Waals surface area contributed by atoms with Crippen LogP contribution in [0, 0.1) is 24.2 Å². The maximum Gasteiger partial charge on any atom is 0.258 e. The molecule has 3 heterocycles. The molecular weight excluding hydrogens is 336 g/mol. The molecule has 2 atom stereocenters. The number of hydrogen-bond acceptors (Lipinski definition) is 6. The van der Waals surface area contributed by atoms with Crippen molar-refractivity contribution in [3.05, 3.63) is 62.3 Å². The van der Waals surface area contributed by atoms with E-state index in [0.29, 0.717) is 22.8 Å². The van der Waals surface area contributed by atoms with Crippen molar-refractivity contribution >= 4 is 16.3 Å². The summed E-state index contributed by atoms with van der Waals surface area (Å²) in [5.74, 6) is 0.506. The molecule has 1 aliphatic carbocycles. The predicted molar refractivity (Wildman–Crippen MR) is 93.8 cm³/mol. The minimum atomic E-state index is -0.0856. The highest BCUT2D eigenvalue weighted by atomic mass is 32.1. The standard InChI is InChI=1S/C18H16N4O2S/c1-10-17(15-6-12(15)9-23)22-16(24)7-13(21-18(22)25-10)4-11-2-3-20-14(5-11)8-19/h2-3,5,7,12,15,23H,4,6,9H2,1H3/t12-,15+/m0/s1. The van der Waals surface area contributed by atoms with Gasteiger partial charge in [0.05, 0.1) is 5.69 Å². The van der Waals surface area contributed by atoms with E-state index in [1.54, 1.807) is 22.7 Å². The van der Waals surface area contributed by atoms with Crippen LogP contribution < -0.4 is 5.56 Å². The number of rotatable bonds is 4. The fourth-order valence-corrected chi connectivity index (χ4v) is 4.36. The highest BCUT2D eigenvalue weighted by Gasteiger charge is 2.41. The smallest absolute Gasteiger partial charge is 0.258 e. The van der Waals surface area contributed by atoms with Gasteiger partial charge in [-0.1, -0.05) is 0 Å². The van der Waals surface area contributed by atoms with Crippen LogP contribution in [0.15, 0.2) is 29.2 Å². The van der Waals surface area contributed by atoms with Crippen molar-refractivity contribution < 1.29 is 5.11 Å². The lowest BCUT2D eigenvalue weighted by Gasteiger charge is -2.04. The van der Waals surface area contributed by atoms with Crippen LogP contribution in [-0.4, -0.2) is 26.1 Å². The maximum absolute atomic E-state index is 12.7. The van der Waals surface area contributed by atoms with E-state index in [1.165, 1.54) is 11.3 Å². The first-order chi connectivity index (χ1) is 12.1. The number of nitriles is 1. The largest absolute Gasteiger partial charge is 0.396 e. The summed E-state index contributed by atoms with van der Waals surface area (Å²) in [4.78, 5) is 23.0. The number of fused-ring (bicyclic) bond motifs is 1. The zero-order valence-electron chi connectivity index (χ0n) is 13.6. The molecule has 4 rings (SSSR count). The number of pyridine rings is 1. The quantitative estimate of drug-likeness (QED) is 0.776.